The minimum atomic E-state index is -0.215. The second kappa shape index (κ2) is 7.17. The van der Waals surface area contributed by atoms with Crippen LogP contribution >= 0.6 is 0 Å². The summed E-state index contributed by atoms with van der Waals surface area (Å²) in [6.45, 7) is 0.192. The molecule has 5 nitrogen and oxygen atoms in total. The first kappa shape index (κ1) is 14.7. The molecule has 0 aliphatic heterocycles. The fourth-order valence-electron chi connectivity index (χ4n) is 1.99. The van der Waals surface area contributed by atoms with Crippen molar-refractivity contribution in [3.8, 4) is 11.4 Å². The van der Waals surface area contributed by atoms with E-state index in [1.54, 1.807) is 6.08 Å². The maximum atomic E-state index is 11.8. The van der Waals surface area contributed by atoms with Gasteiger partial charge in [-0.15, -0.1) is 0 Å². The number of rotatable bonds is 5. The zero-order chi connectivity index (χ0) is 15.9. The maximum absolute atomic E-state index is 11.8. The molecule has 0 atom stereocenters. The molecule has 0 radical (unpaired) electrons. The van der Waals surface area contributed by atoms with Crippen molar-refractivity contribution in [3.63, 3.8) is 0 Å². The summed E-state index contributed by atoms with van der Waals surface area (Å²) in [4.78, 5) is 16.0. The molecule has 114 valence electrons. The van der Waals surface area contributed by atoms with Crippen molar-refractivity contribution >= 4 is 12.0 Å². The Hall–Kier alpha value is -3.21. The first-order valence-electron chi connectivity index (χ1n) is 7.20. The van der Waals surface area contributed by atoms with Crippen molar-refractivity contribution in [2.45, 2.75) is 6.54 Å². The molecule has 0 bridgehead atoms. The van der Waals surface area contributed by atoms with Crippen molar-refractivity contribution < 1.29 is 9.32 Å². The van der Waals surface area contributed by atoms with Gasteiger partial charge in [-0.1, -0.05) is 65.8 Å². The molecule has 23 heavy (non-hydrogen) atoms. The van der Waals surface area contributed by atoms with E-state index in [1.165, 1.54) is 6.08 Å². The van der Waals surface area contributed by atoms with Crippen LogP contribution in [0, 0.1) is 0 Å². The first-order valence-corrected chi connectivity index (χ1v) is 7.20. The predicted octanol–water partition coefficient (Wildman–Crippen LogP) is 3.07. The third-order valence-electron chi connectivity index (χ3n) is 3.14. The second-order valence-electron chi connectivity index (χ2n) is 4.84. The Balaban J connectivity index is 1.55. The van der Waals surface area contributed by atoms with E-state index in [1.807, 2.05) is 60.7 Å². The third-order valence-corrected chi connectivity index (χ3v) is 3.14. The molecule has 3 aromatic rings. The van der Waals surface area contributed by atoms with Crippen molar-refractivity contribution in [1.82, 2.24) is 15.5 Å². The van der Waals surface area contributed by atoms with Crippen LogP contribution in [0.4, 0.5) is 0 Å². The van der Waals surface area contributed by atoms with E-state index in [0.29, 0.717) is 11.7 Å². The van der Waals surface area contributed by atoms with Crippen molar-refractivity contribution in [2.24, 2.45) is 0 Å². The van der Waals surface area contributed by atoms with Gasteiger partial charge in [0.15, 0.2) is 0 Å². The summed E-state index contributed by atoms with van der Waals surface area (Å²) in [5.74, 6) is 0.660. The summed E-state index contributed by atoms with van der Waals surface area (Å²) in [7, 11) is 0. The molecule has 1 aromatic heterocycles. The number of amides is 1. The number of nitrogens with zero attached hydrogens (tertiary/aromatic N) is 2. The summed E-state index contributed by atoms with van der Waals surface area (Å²) in [5.41, 5.74) is 1.84. The molecule has 0 spiro atoms. The van der Waals surface area contributed by atoms with Gasteiger partial charge in [-0.2, -0.15) is 4.98 Å². The Labute approximate surface area is 133 Å². The van der Waals surface area contributed by atoms with Crippen molar-refractivity contribution in [3.05, 3.63) is 78.2 Å². The highest BCUT2D eigenvalue weighted by Crippen LogP contribution is 2.14. The molecule has 0 aliphatic carbocycles. The van der Waals surface area contributed by atoms with E-state index < -0.39 is 0 Å². The average molecular weight is 305 g/mol. The number of hydrogen-bond acceptors (Lipinski definition) is 4. The normalized spacial score (nSPS) is 10.8. The van der Waals surface area contributed by atoms with Crippen LogP contribution in [0.2, 0.25) is 0 Å². The maximum Gasteiger partial charge on any atom is 0.246 e. The quantitative estimate of drug-likeness (QED) is 0.736. The SMILES string of the molecule is O=C(C=Cc1ccccc1)NCc1nc(-c2ccccc2)no1. The van der Waals surface area contributed by atoms with Gasteiger partial charge >= 0.3 is 0 Å². The van der Waals surface area contributed by atoms with Crippen LogP contribution in [0.1, 0.15) is 11.5 Å². The third kappa shape index (κ3) is 4.14. The van der Waals surface area contributed by atoms with E-state index in [0.717, 1.165) is 11.1 Å². The Morgan fingerprint density at radius 1 is 1.04 bits per heavy atom. The van der Waals surface area contributed by atoms with Crippen LogP contribution in [-0.4, -0.2) is 16.0 Å². The van der Waals surface area contributed by atoms with Gasteiger partial charge in [-0.25, -0.2) is 0 Å². The standard InChI is InChI=1S/C18H15N3O2/c22-16(12-11-14-7-3-1-4-8-14)19-13-17-20-18(21-23-17)15-9-5-2-6-10-15/h1-12H,13H2,(H,19,22). The lowest BCUT2D eigenvalue weighted by Crippen LogP contribution is -2.20. The molecule has 3 rings (SSSR count). The topological polar surface area (TPSA) is 68.0 Å². The summed E-state index contributed by atoms with van der Waals surface area (Å²) in [6.07, 6.45) is 3.22. The summed E-state index contributed by atoms with van der Waals surface area (Å²) < 4.78 is 5.13. The molecule has 1 heterocycles. The Morgan fingerprint density at radius 3 is 2.48 bits per heavy atom. The number of benzene rings is 2. The van der Waals surface area contributed by atoms with Crippen molar-refractivity contribution in [2.75, 3.05) is 0 Å². The molecule has 0 aliphatic rings. The average Bonchev–Trinajstić information content (AvgIpc) is 3.09. The Bertz CT molecular complexity index is 795. The monoisotopic (exact) mass is 305 g/mol. The first-order chi connectivity index (χ1) is 11.3. The Morgan fingerprint density at radius 2 is 1.74 bits per heavy atom. The van der Waals surface area contributed by atoms with Gasteiger partial charge in [0.1, 0.15) is 0 Å². The van der Waals surface area contributed by atoms with E-state index in [9.17, 15) is 4.79 Å². The highest BCUT2D eigenvalue weighted by molar-refractivity contribution is 5.91. The number of nitrogens with one attached hydrogen (secondary N) is 1. The van der Waals surface area contributed by atoms with Gasteiger partial charge in [0, 0.05) is 11.6 Å². The highest BCUT2D eigenvalue weighted by atomic mass is 16.5. The molecule has 5 heteroatoms. The van der Waals surface area contributed by atoms with E-state index in [4.69, 9.17) is 4.52 Å². The van der Waals surface area contributed by atoms with Crippen LogP contribution in [0.25, 0.3) is 17.5 Å². The zero-order valence-electron chi connectivity index (χ0n) is 12.3. The predicted molar refractivity (Wildman–Crippen MR) is 87.1 cm³/mol. The highest BCUT2D eigenvalue weighted by Gasteiger charge is 2.08. The Kier molecular flexibility index (Phi) is 4.59. The van der Waals surface area contributed by atoms with Crippen LogP contribution in [0.5, 0.6) is 0 Å². The minimum Gasteiger partial charge on any atom is -0.343 e. The largest absolute Gasteiger partial charge is 0.343 e. The zero-order valence-corrected chi connectivity index (χ0v) is 12.3. The summed E-state index contributed by atoms with van der Waals surface area (Å²) in [6, 6.07) is 19.1. The summed E-state index contributed by atoms with van der Waals surface area (Å²) in [5, 5.41) is 6.61. The van der Waals surface area contributed by atoms with Gasteiger partial charge in [0.2, 0.25) is 17.6 Å². The molecule has 2 aromatic carbocycles. The molecule has 0 unspecified atom stereocenters. The molecule has 1 amide bonds. The van der Waals surface area contributed by atoms with Gasteiger partial charge in [-0.05, 0) is 11.6 Å². The number of hydrogen-bond donors (Lipinski definition) is 1. The van der Waals surface area contributed by atoms with Gasteiger partial charge < -0.3 is 9.84 Å². The molecule has 0 saturated carbocycles. The molecule has 1 N–H and O–H groups in total. The second-order valence-corrected chi connectivity index (χ2v) is 4.84. The van der Waals surface area contributed by atoms with Crippen molar-refractivity contribution in [1.29, 1.82) is 0 Å². The van der Waals surface area contributed by atoms with E-state index in [2.05, 4.69) is 15.5 Å². The van der Waals surface area contributed by atoms with Gasteiger partial charge in [-0.3, -0.25) is 4.79 Å². The van der Waals surface area contributed by atoms with E-state index >= 15 is 0 Å². The van der Waals surface area contributed by atoms with Gasteiger partial charge in [0.25, 0.3) is 0 Å². The molecular weight excluding hydrogens is 290 g/mol. The van der Waals surface area contributed by atoms with Gasteiger partial charge in [0.05, 0.1) is 6.54 Å². The molecule has 0 fully saturated rings. The number of carbonyl (C=O) groups excluding carboxylic acids is 1. The van der Waals surface area contributed by atoms with E-state index in [-0.39, 0.29) is 12.5 Å². The minimum absolute atomic E-state index is 0.192. The lowest BCUT2D eigenvalue weighted by atomic mass is 10.2. The fourth-order valence-corrected chi connectivity index (χ4v) is 1.99. The number of aromatic nitrogens is 2. The molecule has 0 saturated heterocycles. The number of carbonyl (C=O) groups is 1. The molecular formula is C18H15N3O2. The van der Waals surface area contributed by atoms with Crippen LogP contribution in [-0.2, 0) is 11.3 Å². The van der Waals surface area contributed by atoms with Crippen LogP contribution in [0.3, 0.4) is 0 Å². The fraction of sp³-hybridized carbons (Fsp3) is 0.0556. The smallest absolute Gasteiger partial charge is 0.246 e. The lowest BCUT2D eigenvalue weighted by molar-refractivity contribution is -0.116. The summed E-state index contributed by atoms with van der Waals surface area (Å²) >= 11 is 0. The lowest BCUT2D eigenvalue weighted by Gasteiger charge is -1.97. The van der Waals surface area contributed by atoms with Crippen LogP contribution in [0.15, 0.2) is 71.3 Å². The van der Waals surface area contributed by atoms with Crippen LogP contribution < -0.4 is 5.32 Å².